The average molecular weight is 402 g/mol. The number of halogens is 1. The van der Waals surface area contributed by atoms with Crippen LogP contribution in [0.3, 0.4) is 0 Å². The molecule has 0 saturated carbocycles. The van der Waals surface area contributed by atoms with Gasteiger partial charge in [0.15, 0.2) is 0 Å². The molecule has 5 heteroatoms. The first-order valence-electron chi connectivity index (χ1n) is 10.1. The van der Waals surface area contributed by atoms with Crippen LogP contribution in [-0.4, -0.2) is 18.4 Å². The molecular weight excluding hydrogens is 379 g/mol. The second-order valence-corrected chi connectivity index (χ2v) is 7.64. The van der Waals surface area contributed by atoms with Crippen LogP contribution in [0.4, 0.5) is 15.8 Å². The van der Waals surface area contributed by atoms with Gasteiger partial charge >= 0.3 is 0 Å². The highest BCUT2D eigenvalue weighted by atomic mass is 19.1. The number of amides is 2. The third kappa shape index (κ3) is 4.25. The third-order valence-electron chi connectivity index (χ3n) is 5.41. The molecule has 3 aromatic rings. The summed E-state index contributed by atoms with van der Waals surface area (Å²) in [6, 6.07) is 21.2. The lowest BCUT2D eigenvalue weighted by Crippen LogP contribution is -2.28. The molecule has 4 rings (SSSR count). The Labute approximate surface area is 175 Å². The normalized spacial score (nSPS) is 13.6. The number of para-hydroxylation sites is 1. The summed E-state index contributed by atoms with van der Waals surface area (Å²) in [6.07, 6.45) is 1.31. The number of carbonyl (C=O) groups excluding carboxylic acids is 2. The van der Waals surface area contributed by atoms with E-state index in [9.17, 15) is 14.0 Å². The number of anilines is 2. The fraction of sp³-hybridized carbons (Fsp3) is 0.200. The van der Waals surface area contributed by atoms with Gasteiger partial charge in [0.05, 0.1) is 0 Å². The van der Waals surface area contributed by atoms with E-state index >= 15 is 0 Å². The van der Waals surface area contributed by atoms with Gasteiger partial charge in [-0.1, -0.05) is 37.3 Å². The van der Waals surface area contributed by atoms with Crippen LogP contribution < -0.4 is 10.2 Å². The molecular formula is C25H23FN2O2. The minimum absolute atomic E-state index is 0.0442. The van der Waals surface area contributed by atoms with Crippen molar-refractivity contribution in [1.82, 2.24) is 0 Å². The lowest BCUT2D eigenvalue weighted by Gasteiger charge is -2.18. The zero-order valence-corrected chi connectivity index (χ0v) is 16.8. The van der Waals surface area contributed by atoms with Crippen LogP contribution >= 0.6 is 0 Å². The van der Waals surface area contributed by atoms with Gasteiger partial charge in [-0.15, -0.1) is 0 Å². The molecule has 1 aliphatic heterocycles. The van der Waals surface area contributed by atoms with Gasteiger partial charge in [0.2, 0.25) is 5.91 Å². The van der Waals surface area contributed by atoms with E-state index in [4.69, 9.17) is 0 Å². The molecule has 152 valence electrons. The number of hydrogen-bond donors (Lipinski definition) is 1. The van der Waals surface area contributed by atoms with Crippen molar-refractivity contribution in [2.45, 2.75) is 19.8 Å². The summed E-state index contributed by atoms with van der Waals surface area (Å²) in [6.45, 7) is 2.48. The molecule has 1 atom stereocenters. The average Bonchev–Trinajstić information content (AvgIpc) is 3.18. The standard InChI is InChI=1S/C25H23FN2O2/c1-17(15-18-5-4-7-21(26)16-18)24(29)27-22-11-9-20(10-12-22)25(30)28-14-13-19-6-2-3-8-23(19)28/h2-12,16-17H,13-15H2,1H3,(H,27,29). The van der Waals surface area contributed by atoms with Crippen LogP contribution in [0.1, 0.15) is 28.4 Å². The first kappa shape index (κ1) is 19.8. The minimum atomic E-state index is -0.311. The molecule has 1 N–H and O–H groups in total. The highest BCUT2D eigenvalue weighted by Gasteiger charge is 2.25. The van der Waals surface area contributed by atoms with Gasteiger partial charge < -0.3 is 10.2 Å². The van der Waals surface area contributed by atoms with Gasteiger partial charge in [0.25, 0.3) is 5.91 Å². The topological polar surface area (TPSA) is 49.4 Å². The summed E-state index contributed by atoms with van der Waals surface area (Å²) in [7, 11) is 0. The van der Waals surface area contributed by atoms with Crippen molar-refractivity contribution < 1.29 is 14.0 Å². The molecule has 1 unspecified atom stereocenters. The Kier molecular flexibility index (Phi) is 5.61. The zero-order chi connectivity index (χ0) is 21.1. The zero-order valence-electron chi connectivity index (χ0n) is 16.8. The monoisotopic (exact) mass is 402 g/mol. The number of rotatable bonds is 5. The van der Waals surface area contributed by atoms with E-state index in [2.05, 4.69) is 5.32 Å². The summed E-state index contributed by atoms with van der Waals surface area (Å²) >= 11 is 0. The van der Waals surface area contributed by atoms with Crippen molar-refractivity contribution in [2.75, 3.05) is 16.8 Å². The maximum absolute atomic E-state index is 13.3. The predicted octanol–water partition coefficient (Wildman–Crippen LogP) is 4.85. The van der Waals surface area contributed by atoms with E-state index in [1.807, 2.05) is 37.3 Å². The number of benzene rings is 3. The quantitative estimate of drug-likeness (QED) is 0.664. The molecule has 0 aliphatic carbocycles. The smallest absolute Gasteiger partial charge is 0.258 e. The molecule has 0 radical (unpaired) electrons. The Hall–Kier alpha value is -3.47. The molecule has 30 heavy (non-hydrogen) atoms. The number of carbonyl (C=O) groups is 2. The number of fused-ring (bicyclic) bond motifs is 1. The Morgan fingerprint density at radius 2 is 1.80 bits per heavy atom. The molecule has 0 spiro atoms. The van der Waals surface area contributed by atoms with Crippen LogP contribution in [0, 0.1) is 11.7 Å². The van der Waals surface area contributed by atoms with Gasteiger partial charge in [-0.05, 0) is 66.4 Å². The molecule has 1 aliphatic rings. The van der Waals surface area contributed by atoms with Crippen molar-refractivity contribution in [3.8, 4) is 0 Å². The first-order chi connectivity index (χ1) is 14.5. The summed E-state index contributed by atoms with van der Waals surface area (Å²) in [5, 5.41) is 2.87. The van der Waals surface area contributed by atoms with Crippen LogP contribution in [-0.2, 0) is 17.6 Å². The fourth-order valence-electron chi connectivity index (χ4n) is 3.78. The van der Waals surface area contributed by atoms with Gasteiger partial charge in [0.1, 0.15) is 5.82 Å². The van der Waals surface area contributed by atoms with Crippen molar-refractivity contribution in [1.29, 1.82) is 0 Å². The van der Waals surface area contributed by atoms with E-state index in [1.165, 1.54) is 17.7 Å². The SMILES string of the molecule is CC(Cc1cccc(F)c1)C(=O)Nc1ccc(C(=O)N2CCc3ccccc32)cc1. The third-order valence-corrected chi connectivity index (χ3v) is 5.41. The van der Waals surface area contributed by atoms with E-state index in [0.717, 1.165) is 17.7 Å². The Balaban J connectivity index is 1.39. The maximum Gasteiger partial charge on any atom is 0.258 e. The maximum atomic E-state index is 13.3. The van der Waals surface area contributed by atoms with E-state index in [1.54, 1.807) is 35.2 Å². The number of hydrogen-bond acceptors (Lipinski definition) is 2. The van der Waals surface area contributed by atoms with Crippen molar-refractivity contribution >= 4 is 23.2 Å². The molecule has 0 saturated heterocycles. The molecule has 0 bridgehead atoms. The van der Waals surface area contributed by atoms with Crippen LogP contribution in [0.2, 0.25) is 0 Å². The summed E-state index contributed by atoms with van der Waals surface area (Å²) in [4.78, 5) is 27.2. The van der Waals surface area contributed by atoms with Crippen LogP contribution in [0.25, 0.3) is 0 Å². The number of nitrogens with one attached hydrogen (secondary N) is 1. The Morgan fingerprint density at radius 1 is 1.03 bits per heavy atom. The Morgan fingerprint density at radius 3 is 2.57 bits per heavy atom. The predicted molar refractivity (Wildman–Crippen MR) is 116 cm³/mol. The van der Waals surface area contributed by atoms with E-state index < -0.39 is 0 Å². The highest BCUT2D eigenvalue weighted by Crippen LogP contribution is 2.29. The summed E-state index contributed by atoms with van der Waals surface area (Å²) in [5.41, 5.74) is 4.14. The van der Waals surface area contributed by atoms with Gasteiger partial charge in [0, 0.05) is 29.4 Å². The summed E-state index contributed by atoms with van der Waals surface area (Å²) in [5.74, 6) is -0.806. The lowest BCUT2D eigenvalue weighted by molar-refractivity contribution is -0.119. The minimum Gasteiger partial charge on any atom is -0.326 e. The van der Waals surface area contributed by atoms with E-state index in [-0.39, 0.29) is 23.5 Å². The molecule has 0 aromatic heterocycles. The van der Waals surface area contributed by atoms with Crippen LogP contribution in [0.15, 0.2) is 72.8 Å². The van der Waals surface area contributed by atoms with Crippen molar-refractivity contribution in [3.05, 3.63) is 95.3 Å². The van der Waals surface area contributed by atoms with Gasteiger partial charge in [-0.25, -0.2) is 4.39 Å². The van der Waals surface area contributed by atoms with Crippen molar-refractivity contribution in [2.24, 2.45) is 5.92 Å². The number of nitrogens with zero attached hydrogens (tertiary/aromatic N) is 1. The molecule has 1 heterocycles. The summed E-state index contributed by atoms with van der Waals surface area (Å²) < 4.78 is 13.3. The first-order valence-corrected chi connectivity index (χ1v) is 10.1. The molecule has 3 aromatic carbocycles. The van der Waals surface area contributed by atoms with Crippen molar-refractivity contribution in [3.63, 3.8) is 0 Å². The van der Waals surface area contributed by atoms with Gasteiger partial charge in [-0.3, -0.25) is 9.59 Å². The molecule has 2 amide bonds. The van der Waals surface area contributed by atoms with Gasteiger partial charge in [-0.2, -0.15) is 0 Å². The van der Waals surface area contributed by atoms with E-state index in [0.29, 0.717) is 24.2 Å². The second kappa shape index (κ2) is 8.49. The largest absolute Gasteiger partial charge is 0.326 e. The van der Waals surface area contributed by atoms with Crippen LogP contribution in [0.5, 0.6) is 0 Å². The molecule has 0 fully saturated rings. The highest BCUT2D eigenvalue weighted by molar-refractivity contribution is 6.07. The molecule has 4 nitrogen and oxygen atoms in total. The lowest BCUT2D eigenvalue weighted by atomic mass is 10.00. The fourth-order valence-corrected chi connectivity index (χ4v) is 3.78. The second-order valence-electron chi connectivity index (χ2n) is 7.64. The Bertz CT molecular complexity index is 1080.